The molecule has 1 amide bonds. The van der Waals surface area contributed by atoms with E-state index in [-0.39, 0.29) is 11.1 Å². The number of nitrogens with zero attached hydrogens (tertiary/aromatic N) is 1. The molecule has 0 atom stereocenters. The Morgan fingerprint density at radius 3 is 3.06 bits per heavy atom. The van der Waals surface area contributed by atoms with Gasteiger partial charge in [-0.05, 0) is 18.2 Å². The van der Waals surface area contributed by atoms with Gasteiger partial charge in [-0.2, -0.15) is 0 Å². The topological polar surface area (TPSA) is 55.1 Å². The lowest BCUT2D eigenvalue weighted by molar-refractivity contribution is 0.0950. The normalized spacial score (nSPS) is 10.1. The Labute approximate surface area is 97.2 Å². The number of hydrogen-bond donors (Lipinski definition) is 1. The molecule has 0 spiro atoms. The monoisotopic (exact) mass is 236 g/mol. The van der Waals surface area contributed by atoms with Crippen LogP contribution in [-0.4, -0.2) is 10.9 Å². The molecule has 0 saturated heterocycles. The van der Waals surface area contributed by atoms with Crippen LogP contribution >= 0.6 is 11.6 Å². The minimum absolute atomic E-state index is 0.201. The highest BCUT2D eigenvalue weighted by Gasteiger charge is 2.09. The molecule has 16 heavy (non-hydrogen) atoms. The van der Waals surface area contributed by atoms with Gasteiger partial charge in [-0.25, -0.2) is 4.98 Å². The summed E-state index contributed by atoms with van der Waals surface area (Å²) in [6, 6.07) is 5.07. The average molecular weight is 237 g/mol. The molecule has 0 fully saturated rings. The molecule has 0 aliphatic carbocycles. The van der Waals surface area contributed by atoms with Crippen LogP contribution in [0.25, 0.3) is 0 Å². The van der Waals surface area contributed by atoms with E-state index in [9.17, 15) is 4.79 Å². The van der Waals surface area contributed by atoms with Gasteiger partial charge >= 0.3 is 0 Å². The molecule has 0 aromatic carbocycles. The number of furan rings is 1. The first kappa shape index (κ1) is 10.7. The van der Waals surface area contributed by atoms with E-state index in [2.05, 4.69) is 10.3 Å². The van der Waals surface area contributed by atoms with Gasteiger partial charge in [0.05, 0.1) is 18.1 Å². The van der Waals surface area contributed by atoms with Crippen LogP contribution in [0.5, 0.6) is 0 Å². The number of carbonyl (C=O) groups is 1. The van der Waals surface area contributed by atoms with Crippen molar-refractivity contribution >= 4 is 17.5 Å². The molecule has 82 valence electrons. The second-order valence-corrected chi connectivity index (χ2v) is 3.51. The number of hydrogen-bond acceptors (Lipinski definition) is 3. The van der Waals surface area contributed by atoms with Crippen molar-refractivity contribution in [2.75, 3.05) is 0 Å². The second kappa shape index (κ2) is 4.81. The number of carbonyl (C=O) groups excluding carboxylic acids is 1. The Hall–Kier alpha value is -1.81. The first-order valence-electron chi connectivity index (χ1n) is 4.67. The van der Waals surface area contributed by atoms with Crippen molar-refractivity contribution in [2.45, 2.75) is 6.54 Å². The van der Waals surface area contributed by atoms with Crippen molar-refractivity contribution in [1.29, 1.82) is 0 Å². The SMILES string of the molecule is O=C(NCc1ccoc1)c1cccnc1Cl. The van der Waals surface area contributed by atoms with Gasteiger partial charge in [-0.3, -0.25) is 4.79 Å². The van der Waals surface area contributed by atoms with Gasteiger partial charge < -0.3 is 9.73 Å². The minimum Gasteiger partial charge on any atom is -0.472 e. The highest BCUT2D eigenvalue weighted by molar-refractivity contribution is 6.32. The fraction of sp³-hybridized carbons (Fsp3) is 0.0909. The standard InChI is InChI=1S/C11H9ClN2O2/c12-10-9(2-1-4-13-10)11(15)14-6-8-3-5-16-7-8/h1-5,7H,6H2,(H,14,15). The highest BCUT2D eigenvalue weighted by atomic mass is 35.5. The molecule has 0 radical (unpaired) electrons. The molecular formula is C11H9ClN2O2. The first-order valence-corrected chi connectivity index (χ1v) is 5.05. The number of rotatable bonds is 3. The first-order chi connectivity index (χ1) is 7.77. The summed E-state index contributed by atoms with van der Waals surface area (Å²) < 4.78 is 4.89. The summed E-state index contributed by atoms with van der Waals surface area (Å²) in [5.41, 5.74) is 1.26. The smallest absolute Gasteiger partial charge is 0.254 e. The predicted octanol–water partition coefficient (Wildman–Crippen LogP) is 2.26. The van der Waals surface area contributed by atoms with Gasteiger partial charge in [0.2, 0.25) is 0 Å². The summed E-state index contributed by atoms with van der Waals surface area (Å²) in [6.45, 7) is 0.403. The molecule has 2 aromatic rings. The molecule has 5 heteroatoms. The molecular weight excluding hydrogens is 228 g/mol. The highest BCUT2D eigenvalue weighted by Crippen LogP contribution is 2.11. The summed E-state index contributed by atoms with van der Waals surface area (Å²) in [7, 11) is 0. The van der Waals surface area contributed by atoms with Crippen molar-refractivity contribution in [3.63, 3.8) is 0 Å². The third-order valence-electron chi connectivity index (χ3n) is 2.04. The van der Waals surface area contributed by atoms with E-state index in [1.54, 1.807) is 30.7 Å². The predicted molar refractivity (Wildman–Crippen MR) is 59.1 cm³/mol. The maximum Gasteiger partial charge on any atom is 0.254 e. The van der Waals surface area contributed by atoms with Gasteiger partial charge in [-0.15, -0.1) is 0 Å². The fourth-order valence-electron chi connectivity index (χ4n) is 1.23. The number of nitrogens with one attached hydrogen (secondary N) is 1. The summed E-state index contributed by atoms with van der Waals surface area (Å²) in [5, 5.41) is 2.92. The van der Waals surface area contributed by atoms with E-state index in [0.717, 1.165) is 5.56 Å². The third-order valence-corrected chi connectivity index (χ3v) is 2.34. The van der Waals surface area contributed by atoms with E-state index in [1.807, 2.05) is 0 Å². The second-order valence-electron chi connectivity index (χ2n) is 3.16. The van der Waals surface area contributed by atoms with Crippen molar-refractivity contribution in [1.82, 2.24) is 10.3 Å². The Morgan fingerprint density at radius 2 is 2.38 bits per heavy atom. The van der Waals surface area contributed by atoms with E-state index in [0.29, 0.717) is 12.1 Å². The number of aromatic nitrogens is 1. The molecule has 2 heterocycles. The van der Waals surface area contributed by atoms with E-state index in [1.165, 1.54) is 6.20 Å². The number of pyridine rings is 1. The van der Waals surface area contributed by atoms with Crippen LogP contribution in [0.2, 0.25) is 5.15 Å². The average Bonchev–Trinajstić information content (AvgIpc) is 2.79. The fourth-order valence-corrected chi connectivity index (χ4v) is 1.43. The van der Waals surface area contributed by atoms with Crippen LogP contribution in [0.3, 0.4) is 0 Å². The zero-order valence-electron chi connectivity index (χ0n) is 8.31. The zero-order chi connectivity index (χ0) is 11.4. The lowest BCUT2D eigenvalue weighted by Gasteiger charge is -2.04. The molecule has 4 nitrogen and oxygen atoms in total. The Balaban J connectivity index is 2.01. The maximum absolute atomic E-state index is 11.7. The van der Waals surface area contributed by atoms with E-state index in [4.69, 9.17) is 16.0 Å². The molecule has 2 rings (SSSR count). The lowest BCUT2D eigenvalue weighted by atomic mass is 10.2. The summed E-state index contributed by atoms with van der Waals surface area (Å²) in [5.74, 6) is -0.251. The zero-order valence-corrected chi connectivity index (χ0v) is 9.07. The Kier molecular flexibility index (Phi) is 3.22. The van der Waals surface area contributed by atoms with Gasteiger partial charge in [0.25, 0.3) is 5.91 Å². The Morgan fingerprint density at radius 1 is 1.50 bits per heavy atom. The van der Waals surface area contributed by atoms with Crippen molar-refractivity contribution < 1.29 is 9.21 Å². The van der Waals surface area contributed by atoms with Crippen LogP contribution < -0.4 is 5.32 Å². The third kappa shape index (κ3) is 2.41. The molecule has 0 aliphatic rings. The van der Waals surface area contributed by atoms with Gasteiger partial charge in [0.1, 0.15) is 5.15 Å². The van der Waals surface area contributed by atoms with Crippen LogP contribution in [0, 0.1) is 0 Å². The van der Waals surface area contributed by atoms with Crippen LogP contribution in [0.1, 0.15) is 15.9 Å². The quantitative estimate of drug-likeness (QED) is 0.832. The van der Waals surface area contributed by atoms with Crippen molar-refractivity contribution in [3.05, 3.63) is 53.2 Å². The Bertz CT molecular complexity index is 482. The van der Waals surface area contributed by atoms with Crippen molar-refractivity contribution in [2.24, 2.45) is 0 Å². The van der Waals surface area contributed by atoms with Crippen molar-refractivity contribution in [3.8, 4) is 0 Å². The largest absolute Gasteiger partial charge is 0.472 e. The molecule has 0 aliphatic heterocycles. The molecule has 2 aromatic heterocycles. The lowest BCUT2D eigenvalue weighted by Crippen LogP contribution is -2.23. The summed E-state index contributed by atoms with van der Waals surface area (Å²) in [4.78, 5) is 15.5. The van der Waals surface area contributed by atoms with Gasteiger partial charge in [0, 0.05) is 18.3 Å². The molecule has 0 unspecified atom stereocenters. The molecule has 0 bridgehead atoms. The van der Waals surface area contributed by atoms with Crippen LogP contribution in [0.4, 0.5) is 0 Å². The van der Waals surface area contributed by atoms with Crippen LogP contribution in [-0.2, 0) is 6.54 Å². The van der Waals surface area contributed by atoms with Gasteiger partial charge in [0.15, 0.2) is 0 Å². The van der Waals surface area contributed by atoms with E-state index < -0.39 is 0 Å². The molecule has 0 saturated carbocycles. The minimum atomic E-state index is -0.251. The summed E-state index contributed by atoms with van der Waals surface area (Å²) in [6.07, 6.45) is 4.67. The number of amides is 1. The maximum atomic E-state index is 11.7. The van der Waals surface area contributed by atoms with Gasteiger partial charge in [-0.1, -0.05) is 11.6 Å². The molecule has 1 N–H and O–H groups in total. The number of halogens is 1. The van der Waals surface area contributed by atoms with E-state index >= 15 is 0 Å². The summed E-state index contributed by atoms with van der Waals surface area (Å²) >= 11 is 5.79. The van der Waals surface area contributed by atoms with Crippen LogP contribution in [0.15, 0.2) is 41.3 Å².